The fourth-order valence-electron chi connectivity index (χ4n) is 2.86. The SMILES string of the molecule is O=Cc1ccccc1Oc1ccnc(-c2ccccn2)c1Oc1ccccc1C=O.[Cu]. The van der Waals surface area contributed by atoms with Crippen molar-refractivity contribution < 1.29 is 36.1 Å². The first-order valence-electron chi connectivity index (χ1n) is 9.14. The zero-order valence-electron chi connectivity index (χ0n) is 16.1. The van der Waals surface area contributed by atoms with Crippen molar-refractivity contribution in [1.82, 2.24) is 9.97 Å². The van der Waals surface area contributed by atoms with E-state index in [0.717, 1.165) is 6.29 Å². The summed E-state index contributed by atoms with van der Waals surface area (Å²) in [5.74, 6) is 1.34. The summed E-state index contributed by atoms with van der Waals surface area (Å²) < 4.78 is 12.1. The number of aromatic nitrogens is 2. The van der Waals surface area contributed by atoms with Gasteiger partial charge in [0.05, 0.1) is 16.8 Å². The van der Waals surface area contributed by atoms with Gasteiger partial charge in [0.25, 0.3) is 0 Å². The van der Waals surface area contributed by atoms with Gasteiger partial charge in [0.2, 0.25) is 0 Å². The average molecular weight is 460 g/mol. The number of carbonyl (C=O) groups excluding carboxylic acids is 2. The molecule has 4 rings (SSSR count). The number of aldehydes is 2. The molecule has 2 aromatic heterocycles. The van der Waals surface area contributed by atoms with E-state index in [1.807, 2.05) is 6.07 Å². The third-order valence-corrected chi connectivity index (χ3v) is 4.30. The minimum atomic E-state index is 0. The molecule has 0 atom stereocenters. The van der Waals surface area contributed by atoms with Crippen LogP contribution in [0, 0.1) is 0 Å². The number of nitrogens with zero attached hydrogens (tertiary/aromatic N) is 2. The number of hydrogen-bond acceptors (Lipinski definition) is 6. The maximum Gasteiger partial charge on any atom is 0.197 e. The van der Waals surface area contributed by atoms with Crippen LogP contribution in [0.15, 0.2) is 85.2 Å². The number of benzene rings is 2. The molecule has 0 N–H and O–H groups in total. The summed E-state index contributed by atoms with van der Waals surface area (Å²) in [4.78, 5) is 31.6. The monoisotopic (exact) mass is 459 g/mol. The summed E-state index contributed by atoms with van der Waals surface area (Å²) in [5.41, 5.74) is 1.79. The first-order valence-corrected chi connectivity index (χ1v) is 9.14. The quantitative estimate of drug-likeness (QED) is 0.274. The number of carbonyl (C=O) groups is 2. The van der Waals surface area contributed by atoms with Gasteiger partial charge in [-0.2, -0.15) is 0 Å². The fraction of sp³-hybridized carbons (Fsp3) is 0. The van der Waals surface area contributed by atoms with Crippen molar-refractivity contribution in [3.63, 3.8) is 0 Å². The second-order valence-corrected chi connectivity index (χ2v) is 6.22. The Morgan fingerprint density at radius 1 is 0.613 bits per heavy atom. The molecule has 1 radical (unpaired) electrons. The van der Waals surface area contributed by atoms with Crippen LogP contribution in [0.3, 0.4) is 0 Å². The number of rotatable bonds is 7. The van der Waals surface area contributed by atoms with Crippen LogP contribution in [-0.4, -0.2) is 22.5 Å². The van der Waals surface area contributed by atoms with Gasteiger partial charge in [-0.05, 0) is 36.4 Å². The second-order valence-electron chi connectivity index (χ2n) is 6.22. The number of ether oxygens (including phenoxy) is 2. The van der Waals surface area contributed by atoms with E-state index in [2.05, 4.69) is 9.97 Å². The Hall–Kier alpha value is -3.80. The molecule has 2 aromatic carbocycles. The molecule has 6 nitrogen and oxygen atoms in total. The van der Waals surface area contributed by atoms with E-state index in [9.17, 15) is 9.59 Å². The minimum absolute atomic E-state index is 0. The molecule has 157 valence electrons. The van der Waals surface area contributed by atoms with E-state index in [1.165, 1.54) is 0 Å². The van der Waals surface area contributed by atoms with Crippen LogP contribution >= 0.6 is 0 Å². The van der Waals surface area contributed by atoms with E-state index in [1.54, 1.807) is 79.1 Å². The molecule has 0 spiro atoms. The Bertz CT molecular complexity index is 1200. The van der Waals surface area contributed by atoms with Crippen LogP contribution in [0.5, 0.6) is 23.0 Å². The number of hydrogen-bond donors (Lipinski definition) is 0. The van der Waals surface area contributed by atoms with Crippen molar-refractivity contribution in [2.45, 2.75) is 0 Å². The van der Waals surface area contributed by atoms with Gasteiger partial charge in [-0.1, -0.05) is 30.3 Å². The summed E-state index contributed by atoms with van der Waals surface area (Å²) in [5, 5.41) is 0. The third kappa shape index (κ3) is 4.86. The zero-order chi connectivity index (χ0) is 20.8. The topological polar surface area (TPSA) is 78.4 Å². The van der Waals surface area contributed by atoms with E-state index in [0.29, 0.717) is 46.0 Å². The van der Waals surface area contributed by atoms with Crippen LogP contribution in [0.1, 0.15) is 20.7 Å². The van der Waals surface area contributed by atoms with Crippen molar-refractivity contribution in [2.24, 2.45) is 0 Å². The van der Waals surface area contributed by atoms with Gasteiger partial charge in [0, 0.05) is 35.5 Å². The molecule has 4 aromatic rings. The molecule has 0 fully saturated rings. The Balaban J connectivity index is 0.00000272. The smallest absolute Gasteiger partial charge is 0.197 e. The van der Waals surface area contributed by atoms with Gasteiger partial charge in [0.1, 0.15) is 17.2 Å². The van der Waals surface area contributed by atoms with Gasteiger partial charge in [-0.3, -0.25) is 19.6 Å². The van der Waals surface area contributed by atoms with E-state index in [4.69, 9.17) is 9.47 Å². The predicted molar refractivity (Wildman–Crippen MR) is 111 cm³/mol. The summed E-state index contributed by atoms with van der Waals surface area (Å²) in [6.07, 6.45) is 4.66. The van der Waals surface area contributed by atoms with E-state index < -0.39 is 0 Å². The summed E-state index contributed by atoms with van der Waals surface area (Å²) in [6, 6.07) is 20.8. The van der Waals surface area contributed by atoms with Crippen molar-refractivity contribution >= 4 is 12.6 Å². The van der Waals surface area contributed by atoms with Crippen molar-refractivity contribution in [2.75, 3.05) is 0 Å². The maximum absolute atomic E-state index is 11.5. The van der Waals surface area contributed by atoms with Crippen LogP contribution in [0.25, 0.3) is 11.4 Å². The van der Waals surface area contributed by atoms with Crippen LogP contribution in [0.2, 0.25) is 0 Å². The largest absolute Gasteiger partial charge is 0.453 e. The summed E-state index contributed by atoms with van der Waals surface area (Å²) in [7, 11) is 0. The first kappa shape index (κ1) is 21.9. The maximum atomic E-state index is 11.5. The van der Waals surface area contributed by atoms with Crippen molar-refractivity contribution in [1.29, 1.82) is 0 Å². The van der Waals surface area contributed by atoms with Gasteiger partial charge in [-0.25, -0.2) is 0 Å². The summed E-state index contributed by atoms with van der Waals surface area (Å²) in [6.45, 7) is 0. The molecule has 0 amide bonds. The average Bonchev–Trinajstić information content (AvgIpc) is 2.81. The van der Waals surface area contributed by atoms with Gasteiger partial charge >= 0.3 is 0 Å². The molecule has 2 heterocycles. The molecule has 7 heteroatoms. The molecule has 0 aliphatic rings. The molecule has 0 aliphatic carbocycles. The van der Waals surface area contributed by atoms with Crippen LogP contribution < -0.4 is 9.47 Å². The van der Waals surface area contributed by atoms with Crippen LogP contribution in [-0.2, 0) is 17.1 Å². The van der Waals surface area contributed by atoms with E-state index >= 15 is 0 Å². The molecular weight excluding hydrogens is 444 g/mol. The molecule has 0 aliphatic heterocycles. The first-order chi connectivity index (χ1) is 14.8. The zero-order valence-corrected chi connectivity index (χ0v) is 17.0. The molecule has 0 unspecified atom stereocenters. The van der Waals surface area contributed by atoms with Gasteiger partial charge < -0.3 is 9.47 Å². The molecule has 0 saturated heterocycles. The fourth-order valence-corrected chi connectivity index (χ4v) is 2.86. The Morgan fingerprint density at radius 2 is 1.23 bits per heavy atom. The Kier molecular flexibility index (Phi) is 7.27. The molecule has 31 heavy (non-hydrogen) atoms. The van der Waals surface area contributed by atoms with Gasteiger partial charge in [0.15, 0.2) is 24.1 Å². The van der Waals surface area contributed by atoms with Crippen molar-refractivity contribution in [3.8, 4) is 34.4 Å². The van der Waals surface area contributed by atoms with Crippen molar-refractivity contribution in [3.05, 3.63) is 96.3 Å². The second kappa shape index (κ2) is 10.3. The number of para-hydroxylation sites is 2. The molecular formula is C24H16CuN2O4. The predicted octanol–water partition coefficient (Wildman–Crippen LogP) is 5.35. The number of pyridine rings is 2. The third-order valence-electron chi connectivity index (χ3n) is 4.30. The molecule has 0 bridgehead atoms. The normalized spacial score (nSPS) is 9.94. The summed E-state index contributed by atoms with van der Waals surface area (Å²) >= 11 is 0. The molecule has 0 saturated carbocycles. The van der Waals surface area contributed by atoms with Crippen LogP contribution in [0.4, 0.5) is 0 Å². The standard InChI is InChI=1S/C24H16N2O4.Cu/c27-15-17-7-1-3-10-20(17)29-22-12-14-26-23(19-9-5-6-13-25-19)24(22)30-21-11-4-2-8-18(21)16-28;/h1-16H;. The Labute approximate surface area is 189 Å². The Morgan fingerprint density at radius 3 is 1.84 bits per heavy atom. The van der Waals surface area contributed by atoms with E-state index in [-0.39, 0.29) is 22.8 Å². The minimum Gasteiger partial charge on any atom is -0.453 e. The van der Waals surface area contributed by atoms with Gasteiger partial charge in [-0.15, -0.1) is 0 Å².